The van der Waals surface area contributed by atoms with E-state index in [-0.39, 0.29) is 0 Å². The van der Waals surface area contributed by atoms with Crippen LogP contribution < -0.4 is 15.5 Å². The van der Waals surface area contributed by atoms with Gasteiger partial charge < -0.3 is 14.8 Å². The van der Waals surface area contributed by atoms with Gasteiger partial charge >= 0.3 is 6.09 Å². The van der Waals surface area contributed by atoms with E-state index in [1.807, 2.05) is 51.1 Å². The molecule has 23 heavy (non-hydrogen) atoms. The van der Waals surface area contributed by atoms with E-state index in [4.69, 9.17) is 17.3 Å². The van der Waals surface area contributed by atoms with E-state index in [2.05, 4.69) is 5.32 Å². The van der Waals surface area contributed by atoms with E-state index in [1.54, 1.807) is 7.11 Å². The van der Waals surface area contributed by atoms with Crippen molar-refractivity contribution in [1.82, 2.24) is 5.32 Å². The van der Waals surface area contributed by atoms with Crippen molar-refractivity contribution in [2.24, 2.45) is 0 Å². The molecule has 1 amide bonds. The summed E-state index contributed by atoms with van der Waals surface area (Å²) in [7, 11) is 7.61. The summed E-state index contributed by atoms with van der Waals surface area (Å²) >= 11 is 0. The molecule has 0 atom stereocenters. The van der Waals surface area contributed by atoms with Crippen LogP contribution in [0, 0.1) is 0 Å². The molecular formula is C18H22BNO3. The highest BCUT2D eigenvalue weighted by molar-refractivity contribution is 6.33. The zero-order chi connectivity index (χ0) is 17.0. The second-order valence-electron chi connectivity index (χ2n) is 6.45. The molecule has 0 spiro atoms. The smallest absolute Gasteiger partial charge is 0.407 e. The predicted octanol–water partition coefficient (Wildman–Crippen LogP) is 2.71. The summed E-state index contributed by atoms with van der Waals surface area (Å²) in [6.07, 6.45) is 0.247. The van der Waals surface area contributed by atoms with Crippen LogP contribution in [-0.2, 0) is 11.2 Å². The number of carbonyl (C=O) groups excluding carboxylic acids is 1. The van der Waals surface area contributed by atoms with E-state index in [1.165, 1.54) is 0 Å². The highest BCUT2D eigenvalue weighted by atomic mass is 16.6. The molecule has 0 aliphatic carbocycles. The fourth-order valence-corrected chi connectivity index (χ4v) is 2.39. The Morgan fingerprint density at radius 1 is 1.22 bits per heavy atom. The number of alkyl carbamates (subject to hydrolysis) is 1. The molecule has 0 saturated carbocycles. The lowest BCUT2D eigenvalue weighted by atomic mass is 9.89. The molecule has 0 fully saturated rings. The van der Waals surface area contributed by atoms with Crippen LogP contribution in [0.4, 0.5) is 4.79 Å². The van der Waals surface area contributed by atoms with Gasteiger partial charge in [-0.3, -0.25) is 0 Å². The fourth-order valence-electron chi connectivity index (χ4n) is 2.39. The minimum Gasteiger partial charge on any atom is -0.497 e. The van der Waals surface area contributed by atoms with Crippen LogP contribution in [-0.4, -0.2) is 33.2 Å². The van der Waals surface area contributed by atoms with Gasteiger partial charge in [0.25, 0.3) is 0 Å². The molecule has 2 aromatic rings. The summed E-state index contributed by atoms with van der Waals surface area (Å²) in [4.78, 5) is 11.7. The molecule has 0 aliphatic rings. The lowest BCUT2D eigenvalue weighted by molar-refractivity contribution is 0.0528. The highest BCUT2D eigenvalue weighted by Crippen LogP contribution is 2.23. The van der Waals surface area contributed by atoms with Crippen LogP contribution >= 0.6 is 0 Å². The van der Waals surface area contributed by atoms with Crippen molar-refractivity contribution >= 4 is 30.2 Å². The Morgan fingerprint density at radius 2 is 1.96 bits per heavy atom. The molecule has 4 nitrogen and oxygen atoms in total. The van der Waals surface area contributed by atoms with Crippen LogP contribution in [0.2, 0.25) is 0 Å². The maximum atomic E-state index is 11.7. The number of benzene rings is 2. The second-order valence-corrected chi connectivity index (χ2v) is 6.45. The van der Waals surface area contributed by atoms with Gasteiger partial charge in [-0.2, -0.15) is 0 Å². The van der Waals surface area contributed by atoms with Gasteiger partial charge in [-0.25, -0.2) is 4.79 Å². The number of carbonyl (C=O) groups is 1. The number of rotatable bonds is 4. The molecule has 2 radical (unpaired) electrons. The molecule has 0 bridgehead atoms. The van der Waals surface area contributed by atoms with Crippen molar-refractivity contribution in [3.63, 3.8) is 0 Å². The van der Waals surface area contributed by atoms with Crippen LogP contribution in [0.3, 0.4) is 0 Å². The average molecular weight is 311 g/mol. The largest absolute Gasteiger partial charge is 0.497 e. The first kappa shape index (κ1) is 17.2. The van der Waals surface area contributed by atoms with E-state index >= 15 is 0 Å². The molecule has 2 aromatic carbocycles. The van der Waals surface area contributed by atoms with Gasteiger partial charge in [-0.05, 0) is 55.7 Å². The van der Waals surface area contributed by atoms with E-state index in [9.17, 15) is 4.79 Å². The summed E-state index contributed by atoms with van der Waals surface area (Å²) in [6, 6.07) is 9.73. The van der Waals surface area contributed by atoms with Crippen LogP contribution in [0.25, 0.3) is 10.8 Å². The van der Waals surface area contributed by atoms with Gasteiger partial charge in [0, 0.05) is 6.54 Å². The third kappa shape index (κ3) is 4.91. The molecule has 120 valence electrons. The molecule has 0 aliphatic heterocycles. The monoisotopic (exact) mass is 311 g/mol. The number of fused-ring (bicyclic) bond motifs is 1. The van der Waals surface area contributed by atoms with Gasteiger partial charge in [0.15, 0.2) is 0 Å². The Hall–Kier alpha value is -2.17. The van der Waals surface area contributed by atoms with Crippen molar-refractivity contribution < 1.29 is 14.3 Å². The number of amides is 1. The summed E-state index contributed by atoms with van der Waals surface area (Å²) in [5.74, 6) is 0.795. The number of hydrogen-bond donors (Lipinski definition) is 1. The second kappa shape index (κ2) is 6.94. The Labute approximate surface area is 138 Å². The van der Waals surface area contributed by atoms with E-state index in [0.717, 1.165) is 22.1 Å². The zero-order valence-electron chi connectivity index (χ0n) is 14.1. The summed E-state index contributed by atoms with van der Waals surface area (Å²) < 4.78 is 10.5. The van der Waals surface area contributed by atoms with Crippen LogP contribution in [0.1, 0.15) is 26.3 Å². The molecule has 0 unspecified atom stereocenters. The lowest BCUT2D eigenvalue weighted by Crippen LogP contribution is -2.33. The molecule has 0 aromatic heterocycles. The zero-order valence-corrected chi connectivity index (χ0v) is 14.1. The first-order valence-corrected chi connectivity index (χ1v) is 7.61. The third-order valence-electron chi connectivity index (χ3n) is 3.33. The molecule has 5 heteroatoms. The van der Waals surface area contributed by atoms with Crippen molar-refractivity contribution in [2.75, 3.05) is 13.7 Å². The maximum absolute atomic E-state index is 11.7. The predicted molar refractivity (Wildman–Crippen MR) is 93.8 cm³/mol. The maximum Gasteiger partial charge on any atom is 0.407 e. The van der Waals surface area contributed by atoms with Gasteiger partial charge in [0.2, 0.25) is 0 Å². The first-order chi connectivity index (χ1) is 10.8. The quantitative estimate of drug-likeness (QED) is 0.883. The highest BCUT2D eigenvalue weighted by Gasteiger charge is 2.15. The van der Waals surface area contributed by atoms with Crippen molar-refractivity contribution in [3.05, 3.63) is 35.9 Å². The molecule has 0 saturated heterocycles. The first-order valence-electron chi connectivity index (χ1n) is 7.61. The number of nitrogens with one attached hydrogen (secondary N) is 1. The van der Waals surface area contributed by atoms with Gasteiger partial charge in [-0.1, -0.05) is 23.7 Å². The number of hydrogen-bond acceptors (Lipinski definition) is 3. The lowest BCUT2D eigenvalue weighted by Gasteiger charge is -2.19. The van der Waals surface area contributed by atoms with E-state index < -0.39 is 11.7 Å². The topological polar surface area (TPSA) is 47.6 Å². The SMILES string of the molecule is [B]c1cc(CCNC(=O)OC(C)(C)C)c2cc(OC)ccc2c1. The minimum atomic E-state index is -0.499. The Balaban J connectivity index is 2.11. The number of methoxy groups -OCH3 is 1. The Morgan fingerprint density at radius 3 is 2.61 bits per heavy atom. The standard InChI is InChI=1S/C18H22BNO3/c1-18(2,3)23-17(21)20-8-7-13-10-14(19)9-12-5-6-15(22-4)11-16(12)13/h5-6,9-11H,7-8H2,1-4H3,(H,20,21). The third-order valence-corrected chi connectivity index (χ3v) is 3.33. The van der Waals surface area contributed by atoms with E-state index in [0.29, 0.717) is 18.4 Å². The summed E-state index contributed by atoms with van der Waals surface area (Å²) in [5.41, 5.74) is 1.27. The average Bonchev–Trinajstić information content (AvgIpc) is 2.44. The Kier molecular flexibility index (Phi) is 5.19. The van der Waals surface area contributed by atoms with Gasteiger partial charge in [0.1, 0.15) is 19.2 Å². The molecule has 2 rings (SSSR count). The normalized spacial score (nSPS) is 11.3. The van der Waals surface area contributed by atoms with Crippen LogP contribution in [0.5, 0.6) is 5.75 Å². The minimum absolute atomic E-state index is 0.414. The molecule has 1 N–H and O–H groups in total. The van der Waals surface area contributed by atoms with Crippen molar-refractivity contribution in [2.45, 2.75) is 32.8 Å². The van der Waals surface area contributed by atoms with Crippen molar-refractivity contribution in [3.8, 4) is 5.75 Å². The summed E-state index contributed by atoms with van der Waals surface area (Å²) in [6.45, 7) is 5.99. The molecule has 0 heterocycles. The van der Waals surface area contributed by atoms with Gasteiger partial charge in [-0.15, -0.1) is 0 Å². The molecular weight excluding hydrogens is 289 g/mol. The summed E-state index contributed by atoms with van der Waals surface area (Å²) in [5, 5.41) is 4.89. The van der Waals surface area contributed by atoms with Crippen LogP contribution in [0.15, 0.2) is 30.3 Å². The fraction of sp³-hybridized carbons (Fsp3) is 0.389. The van der Waals surface area contributed by atoms with Gasteiger partial charge in [0.05, 0.1) is 7.11 Å². The van der Waals surface area contributed by atoms with Crippen molar-refractivity contribution in [1.29, 1.82) is 0 Å². The Bertz CT molecular complexity index is 707. The number of ether oxygens (including phenoxy) is 2.